The molecule has 1 heterocycles. The Bertz CT molecular complexity index is 759. The van der Waals surface area contributed by atoms with E-state index in [1.54, 1.807) is 6.92 Å². The van der Waals surface area contributed by atoms with Crippen LogP contribution in [0.5, 0.6) is 0 Å². The van der Waals surface area contributed by atoms with Crippen LogP contribution in [0.1, 0.15) is 15.3 Å². The lowest BCUT2D eigenvalue weighted by molar-refractivity contribution is 0.285. The zero-order valence-corrected chi connectivity index (χ0v) is 13.4. The van der Waals surface area contributed by atoms with E-state index in [0.717, 1.165) is 0 Å². The van der Waals surface area contributed by atoms with Gasteiger partial charge in [0, 0.05) is 16.3 Å². The van der Waals surface area contributed by atoms with Crippen molar-refractivity contribution in [3.05, 3.63) is 50.4 Å². The number of hydrogen-bond donors (Lipinski definition) is 2. The van der Waals surface area contributed by atoms with Crippen molar-refractivity contribution in [2.24, 2.45) is 0 Å². The molecule has 21 heavy (non-hydrogen) atoms. The molecule has 8 heteroatoms. The summed E-state index contributed by atoms with van der Waals surface area (Å²) in [5.41, 5.74) is 0.556. The van der Waals surface area contributed by atoms with Crippen LogP contribution in [0.3, 0.4) is 0 Å². The monoisotopic (exact) mass is 349 g/mol. The third-order valence-electron chi connectivity index (χ3n) is 2.82. The van der Waals surface area contributed by atoms with E-state index in [1.165, 1.54) is 35.6 Å². The molecule has 0 spiro atoms. The minimum absolute atomic E-state index is 0.00603. The molecule has 0 aliphatic carbocycles. The second-order valence-electron chi connectivity index (χ2n) is 4.36. The first-order valence-electron chi connectivity index (χ1n) is 5.97. The number of nitrogens with one attached hydrogen (secondary N) is 1. The van der Waals surface area contributed by atoms with Crippen molar-refractivity contribution in [3.63, 3.8) is 0 Å². The molecule has 114 valence electrons. The predicted octanol–water partition coefficient (Wildman–Crippen LogP) is 2.82. The van der Waals surface area contributed by atoms with Crippen molar-refractivity contribution in [2.45, 2.75) is 25.0 Å². The van der Waals surface area contributed by atoms with Crippen LogP contribution in [0.4, 0.5) is 4.39 Å². The van der Waals surface area contributed by atoms with E-state index in [9.17, 15) is 12.8 Å². The highest BCUT2D eigenvalue weighted by molar-refractivity contribution is 7.89. The summed E-state index contributed by atoms with van der Waals surface area (Å²) in [7, 11) is -3.69. The van der Waals surface area contributed by atoms with Crippen LogP contribution >= 0.6 is 22.9 Å². The number of aliphatic hydroxyl groups is 1. The van der Waals surface area contributed by atoms with Gasteiger partial charge in [0.15, 0.2) is 0 Å². The summed E-state index contributed by atoms with van der Waals surface area (Å²) >= 11 is 6.88. The average molecular weight is 350 g/mol. The standard InChI is InChI=1S/C13H13ClFNO3S2/c1-8-13(5-10(7-17)20-8)21(18,19)16-6-9-2-3-12(15)11(14)4-9/h2-5,16-17H,6-7H2,1H3. The summed E-state index contributed by atoms with van der Waals surface area (Å²) in [6.45, 7) is 1.48. The third kappa shape index (κ3) is 3.81. The second-order valence-corrected chi connectivity index (χ2v) is 7.85. The highest BCUT2D eigenvalue weighted by atomic mass is 35.5. The lowest BCUT2D eigenvalue weighted by atomic mass is 10.2. The molecule has 1 aromatic heterocycles. The van der Waals surface area contributed by atoms with E-state index in [0.29, 0.717) is 15.3 Å². The first kappa shape index (κ1) is 16.4. The smallest absolute Gasteiger partial charge is 0.241 e. The number of thiophene rings is 1. The largest absolute Gasteiger partial charge is 0.391 e. The number of hydrogen-bond acceptors (Lipinski definition) is 4. The number of aryl methyl sites for hydroxylation is 1. The Labute approximate surface area is 131 Å². The number of benzene rings is 1. The van der Waals surface area contributed by atoms with Gasteiger partial charge in [-0.3, -0.25) is 0 Å². The van der Waals surface area contributed by atoms with E-state index < -0.39 is 15.8 Å². The second kappa shape index (κ2) is 6.41. The van der Waals surface area contributed by atoms with Gasteiger partial charge in [0.2, 0.25) is 10.0 Å². The van der Waals surface area contributed by atoms with Gasteiger partial charge in [0.05, 0.1) is 16.5 Å². The van der Waals surface area contributed by atoms with Crippen LogP contribution in [-0.4, -0.2) is 13.5 Å². The Morgan fingerprint density at radius 1 is 1.38 bits per heavy atom. The zero-order chi connectivity index (χ0) is 15.6. The predicted molar refractivity (Wildman–Crippen MR) is 80.4 cm³/mol. The van der Waals surface area contributed by atoms with Crippen molar-refractivity contribution in [1.82, 2.24) is 4.72 Å². The van der Waals surface area contributed by atoms with Crippen LogP contribution in [-0.2, 0) is 23.2 Å². The third-order valence-corrected chi connectivity index (χ3v) is 5.80. The van der Waals surface area contributed by atoms with Gasteiger partial charge >= 0.3 is 0 Å². The highest BCUT2D eigenvalue weighted by Crippen LogP contribution is 2.26. The van der Waals surface area contributed by atoms with Gasteiger partial charge in [-0.1, -0.05) is 17.7 Å². The molecule has 1 aromatic carbocycles. The number of rotatable bonds is 5. The van der Waals surface area contributed by atoms with Gasteiger partial charge in [0.25, 0.3) is 0 Å². The molecule has 2 N–H and O–H groups in total. The number of halogens is 2. The summed E-state index contributed by atoms with van der Waals surface area (Å²) in [6, 6.07) is 5.47. The van der Waals surface area contributed by atoms with Gasteiger partial charge < -0.3 is 5.11 Å². The molecule has 2 rings (SSSR count). The van der Waals surface area contributed by atoms with Crippen LogP contribution in [0.15, 0.2) is 29.2 Å². The van der Waals surface area contributed by atoms with Crippen molar-refractivity contribution >= 4 is 33.0 Å². The van der Waals surface area contributed by atoms with Crippen LogP contribution in [0, 0.1) is 12.7 Å². The zero-order valence-electron chi connectivity index (χ0n) is 11.1. The molecule has 0 unspecified atom stereocenters. The summed E-state index contributed by atoms with van der Waals surface area (Å²) in [5.74, 6) is -0.551. The first-order valence-corrected chi connectivity index (χ1v) is 8.65. The lowest BCUT2D eigenvalue weighted by Gasteiger charge is -2.07. The van der Waals surface area contributed by atoms with Crippen molar-refractivity contribution < 1.29 is 17.9 Å². The molecule has 0 atom stereocenters. The van der Waals surface area contributed by atoms with E-state index >= 15 is 0 Å². The normalized spacial score (nSPS) is 11.8. The lowest BCUT2D eigenvalue weighted by Crippen LogP contribution is -2.23. The van der Waals surface area contributed by atoms with Crippen molar-refractivity contribution in [1.29, 1.82) is 0 Å². The van der Waals surface area contributed by atoms with Crippen molar-refractivity contribution in [2.75, 3.05) is 0 Å². The molecule has 2 aromatic rings. The minimum Gasteiger partial charge on any atom is -0.391 e. The fourth-order valence-electron chi connectivity index (χ4n) is 1.77. The molecule has 0 saturated heterocycles. The fraction of sp³-hybridized carbons (Fsp3) is 0.231. The van der Waals surface area contributed by atoms with Gasteiger partial charge in [-0.25, -0.2) is 17.5 Å². The van der Waals surface area contributed by atoms with E-state index in [-0.39, 0.29) is 23.1 Å². The molecule has 0 radical (unpaired) electrons. The molecule has 0 aliphatic heterocycles. The van der Waals surface area contributed by atoms with Crippen LogP contribution in [0.25, 0.3) is 0 Å². The fourth-order valence-corrected chi connectivity index (χ4v) is 4.49. The maximum absolute atomic E-state index is 13.0. The van der Waals surface area contributed by atoms with Gasteiger partial charge in [-0.15, -0.1) is 11.3 Å². The van der Waals surface area contributed by atoms with E-state index in [2.05, 4.69) is 4.72 Å². The molecule has 0 saturated carbocycles. The Morgan fingerprint density at radius 3 is 2.67 bits per heavy atom. The highest BCUT2D eigenvalue weighted by Gasteiger charge is 2.19. The topological polar surface area (TPSA) is 66.4 Å². The van der Waals surface area contributed by atoms with Crippen LogP contribution < -0.4 is 4.72 Å². The minimum atomic E-state index is -3.69. The maximum Gasteiger partial charge on any atom is 0.241 e. The summed E-state index contributed by atoms with van der Waals surface area (Å²) < 4.78 is 39.9. The first-order chi connectivity index (χ1) is 9.83. The number of aliphatic hydroxyl groups excluding tert-OH is 1. The molecule has 0 fully saturated rings. The molecular formula is C13H13ClFNO3S2. The van der Waals surface area contributed by atoms with E-state index in [1.807, 2.05) is 0 Å². The molecule has 0 amide bonds. The molecule has 0 aliphatic rings. The Hall–Kier alpha value is -0.990. The molecule has 4 nitrogen and oxygen atoms in total. The Kier molecular flexibility index (Phi) is 5.00. The number of sulfonamides is 1. The summed E-state index contributed by atoms with van der Waals surface area (Å²) in [4.78, 5) is 1.33. The Balaban J connectivity index is 2.17. The van der Waals surface area contributed by atoms with Crippen molar-refractivity contribution in [3.8, 4) is 0 Å². The van der Waals surface area contributed by atoms with Gasteiger partial charge in [-0.05, 0) is 30.7 Å². The van der Waals surface area contributed by atoms with Gasteiger partial charge in [0.1, 0.15) is 5.82 Å². The molecular weight excluding hydrogens is 337 g/mol. The summed E-state index contributed by atoms with van der Waals surface area (Å²) in [5, 5.41) is 9.00. The quantitative estimate of drug-likeness (QED) is 0.872. The molecule has 0 bridgehead atoms. The SMILES string of the molecule is Cc1sc(CO)cc1S(=O)(=O)NCc1ccc(F)c(Cl)c1. The maximum atomic E-state index is 13.0. The average Bonchev–Trinajstić information content (AvgIpc) is 2.82. The summed E-state index contributed by atoms with van der Waals surface area (Å²) in [6.07, 6.45) is 0. The van der Waals surface area contributed by atoms with Crippen LogP contribution in [0.2, 0.25) is 5.02 Å². The Morgan fingerprint density at radius 2 is 2.10 bits per heavy atom. The van der Waals surface area contributed by atoms with Gasteiger partial charge in [-0.2, -0.15) is 0 Å². The van der Waals surface area contributed by atoms with E-state index in [4.69, 9.17) is 16.7 Å².